The highest BCUT2D eigenvalue weighted by Crippen LogP contribution is 2.30. The van der Waals surface area contributed by atoms with Crippen molar-refractivity contribution >= 4 is 27.5 Å². The summed E-state index contributed by atoms with van der Waals surface area (Å²) in [6, 6.07) is 21.3. The molecule has 5 heteroatoms. The van der Waals surface area contributed by atoms with Gasteiger partial charge in [0.05, 0.1) is 15.8 Å². The fourth-order valence-corrected chi connectivity index (χ4v) is 3.58. The number of aromatic nitrogens is 2. The molecule has 2 heterocycles. The molecule has 0 fully saturated rings. The zero-order valence-corrected chi connectivity index (χ0v) is 14.2. The number of pyridine rings is 1. The van der Waals surface area contributed by atoms with E-state index in [9.17, 15) is 4.79 Å². The molecule has 25 heavy (non-hydrogen) atoms. The normalized spacial score (nSPS) is 10.7. The van der Waals surface area contributed by atoms with Gasteiger partial charge in [0.25, 0.3) is 5.91 Å². The van der Waals surface area contributed by atoms with Crippen LogP contribution in [0.5, 0.6) is 0 Å². The maximum absolute atomic E-state index is 12.7. The van der Waals surface area contributed by atoms with Crippen molar-refractivity contribution in [1.82, 2.24) is 15.3 Å². The van der Waals surface area contributed by atoms with E-state index in [1.807, 2.05) is 54.6 Å². The van der Waals surface area contributed by atoms with Gasteiger partial charge in [-0.05, 0) is 29.8 Å². The third kappa shape index (κ3) is 3.27. The lowest BCUT2D eigenvalue weighted by atomic mass is 10.1. The highest BCUT2D eigenvalue weighted by atomic mass is 32.1. The van der Waals surface area contributed by atoms with Crippen molar-refractivity contribution in [2.24, 2.45) is 0 Å². The van der Waals surface area contributed by atoms with Crippen molar-refractivity contribution in [2.45, 2.75) is 6.54 Å². The fourth-order valence-electron chi connectivity index (χ4n) is 2.61. The van der Waals surface area contributed by atoms with Gasteiger partial charge in [-0.25, -0.2) is 4.98 Å². The Bertz CT molecular complexity index is 994. The molecule has 4 aromatic rings. The Kier molecular flexibility index (Phi) is 4.23. The molecule has 122 valence electrons. The van der Waals surface area contributed by atoms with Crippen molar-refractivity contribution in [2.75, 3.05) is 0 Å². The molecule has 0 saturated carbocycles. The first-order chi connectivity index (χ1) is 12.3. The largest absolute Gasteiger partial charge is 0.348 e. The molecule has 4 nitrogen and oxygen atoms in total. The average Bonchev–Trinajstić information content (AvgIpc) is 3.11. The lowest BCUT2D eigenvalue weighted by Gasteiger charge is -2.08. The summed E-state index contributed by atoms with van der Waals surface area (Å²) >= 11 is 1.54. The molecule has 0 spiro atoms. The number of carbonyl (C=O) groups is 1. The van der Waals surface area contributed by atoms with Gasteiger partial charge in [-0.2, -0.15) is 0 Å². The van der Waals surface area contributed by atoms with Crippen LogP contribution in [0.4, 0.5) is 0 Å². The number of thiazole rings is 1. The molecule has 0 unspecified atom stereocenters. The molecule has 4 rings (SSSR count). The molecule has 0 aliphatic heterocycles. The van der Waals surface area contributed by atoms with Crippen molar-refractivity contribution in [1.29, 1.82) is 0 Å². The second-order valence-electron chi connectivity index (χ2n) is 5.55. The smallest absolute Gasteiger partial charge is 0.253 e. The first-order valence-electron chi connectivity index (χ1n) is 7.94. The third-order valence-corrected chi connectivity index (χ3v) is 4.89. The van der Waals surface area contributed by atoms with E-state index in [1.165, 1.54) is 0 Å². The summed E-state index contributed by atoms with van der Waals surface area (Å²) in [5, 5.41) is 3.71. The molecule has 0 bridgehead atoms. The lowest BCUT2D eigenvalue weighted by Crippen LogP contribution is -2.23. The molecule has 0 aliphatic carbocycles. The van der Waals surface area contributed by atoms with E-state index in [0.717, 1.165) is 20.8 Å². The summed E-state index contributed by atoms with van der Waals surface area (Å²) in [7, 11) is 0. The predicted molar refractivity (Wildman–Crippen MR) is 100 cm³/mol. The van der Waals surface area contributed by atoms with Crippen LogP contribution in [-0.4, -0.2) is 15.9 Å². The summed E-state index contributed by atoms with van der Waals surface area (Å²) in [6.45, 7) is 0.480. The van der Waals surface area contributed by atoms with E-state index in [0.29, 0.717) is 17.8 Å². The van der Waals surface area contributed by atoms with Crippen LogP contribution in [0.25, 0.3) is 20.9 Å². The van der Waals surface area contributed by atoms with Gasteiger partial charge in [-0.15, -0.1) is 11.3 Å². The van der Waals surface area contributed by atoms with Crippen molar-refractivity contribution in [3.63, 3.8) is 0 Å². The van der Waals surface area contributed by atoms with Crippen LogP contribution in [-0.2, 0) is 6.54 Å². The van der Waals surface area contributed by atoms with Crippen molar-refractivity contribution in [3.05, 3.63) is 84.1 Å². The number of para-hydroxylation sites is 1. The maximum atomic E-state index is 12.7. The Labute approximate surface area is 149 Å². The fraction of sp³-hybridized carbons (Fsp3) is 0.0500. The van der Waals surface area contributed by atoms with Crippen LogP contribution in [0.3, 0.4) is 0 Å². The number of carbonyl (C=O) groups excluding carboxylic acids is 1. The highest BCUT2D eigenvalue weighted by Gasteiger charge is 2.16. The number of hydrogen-bond donors (Lipinski definition) is 1. The van der Waals surface area contributed by atoms with Gasteiger partial charge >= 0.3 is 0 Å². The van der Waals surface area contributed by atoms with E-state index in [2.05, 4.69) is 15.3 Å². The molecule has 0 saturated heterocycles. The first kappa shape index (κ1) is 15.5. The monoisotopic (exact) mass is 345 g/mol. The molecule has 0 atom stereocenters. The number of amides is 1. The molecule has 0 aliphatic rings. The highest BCUT2D eigenvalue weighted by molar-refractivity contribution is 7.21. The second kappa shape index (κ2) is 6.83. The van der Waals surface area contributed by atoms with Crippen LogP contribution in [0.2, 0.25) is 0 Å². The number of benzene rings is 2. The molecule has 0 radical (unpaired) electrons. The number of rotatable bonds is 4. The third-order valence-electron chi connectivity index (χ3n) is 3.84. The quantitative estimate of drug-likeness (QED) is 0.600. The zero-order valence-electron chi connectivity index (χ0n) is 13.3. The van der Waals surface area contributed by atoms with Crippen molar-refractivity contribution < 1.29 is 4.79 Å². The minimum Gasteiger partial charge on any atom is -0.348 e. The number of fused-ring (bicyclic) bond motifs is 1. The number of nitrogens with zero attached hydrogens (tertiary/aromatic N) is 2. The van der Waals surface area contributed by atoms with Gasteiger partial charge in [0, 0.05) is 12.7 Å². The van der Waals surface area contributed by atoms with Gasteiger partial charge in [0.2, 0.25) is 0 Å². The van der Waals surface area contributed by atoms with Gasteiger partial charge in [-0.1, -0.05) is 42.5 Å². The summed E-state index contributed by atoms with van der Waals surface area (Å²) in [5.74, 6) is -0.147. The molecule has 1 amide bonds. The Morgan fingerprint density at radius 2 is 1.76 bits per heavy atom. The van der Waals surface area contributed by atoms with E-state index >= 15 is 0 Å². The first-order valence-corrected chi connectivity index (χ1v) is 8.76. The maximum Gasteiger partial charge on any atom is 0.253 e. The lowest BCUT2D eigenvalue weighted by molar-refractivity contribution is 0.0951. The molecule has 2 aromatic carbocycles. The topological polar surface area (TPSA) is 54.9 Å². The van der Waals surface area contributed by atoms with Crippen LogP contribution in [0.1, 0.15) is 15.9 Å². The minimum atomic E-state index is -0.147. The van der Waals surface area contributed by atoms with Gasteiger partial charge < -0.3 is 5.32 Å². The Morgan fingerprint density at radius 1 is 0.960 bits per heavy atom. The molecular weight excluding hydrogens is 330 g/mol. The Morgan fingerprint density at radius 3 is 2.60 bits per heavy atom. The van der Waals surface area contributed by atoms with Crippen LogP contribution in [0, 0.1) is 0 Å². The van der Waals surface area contributed by atoms with Crippen LogP contribution < -0.4 is 5.32 Å². The van der Waals surface area contributed by atoms with Gasteiger partial charge in [0.15, 0.2) is 0 Å². The zero-order chi connectivity index (χ0) is 17.1. The summed E-state index contributed by atoms with van der Waals surface area (Å²) in [4.78, 5) is 21.7. The van der Waals surface area contributed by atoms with E-state index in [-0.39, 0.29) is 5.91 Å². The second-order valence-corrected chi connectivity index (χ2v) is 6.59. The Hall–Kier alpha value is -3.05. The predicted octanol–water partition coefficient (Wildman–Crippen LogP) is 4.29. The van der Waals surface area contributed by atoms with Crippen LogP contribution in [0.15, 0.2) is 72.9 Å². The number of hydrogen-bond acceptors (Lipinski definition) is 4. The van der Waals surface area contributed by atoms with Gasteiger partial charge in [0.1, 0.15) is 10.7 Å². The molecule has 2 aromatic heterocycles. The minimum absolute atomic E-state index is 0.147. The van der Waals surface area contributed by atoms with E-state index in [1.54, 1.807) is 29.7 Å². The van der Waals surface area contributed by atoms with E-state index < -0.39 is 0 Å². The van der Waals surface area contributed by atoms with E-state index in [4.69, 9.17) is 0 Å². The SMILES string of the molecule is O=C(NCc1ccccc1)c1cccnc1-c1nc2ccccc2s1. The Balaban J connectivity index is 1.63. The van der Waals surface area contributed by atoms with Gasteiger partial charge in [-0.3, -0.25) is 9.78 Å². The summed E-state index contributed by atoms with van der Waals surface area (Å²) in [6.07, 6.45) is 1.69. The number of nitrogens with one attached hydrogen (secondary N) is 1. The molecular formula is C20H15N3OS. The summed E-state index contributed by atoms with van der Waals surface area (Å²) in [5.41, 5.74) is 3.14. The van der Waals surface area contributed by atoms with Crippen LogP contribution >= 0.6 is 11.3 Å². The average molecular weight is 345 g/mol. The van der Waals surface area contributed by atoms with Crippen molar-refractivity contribution in [3.8, 4) is 10.7 Å². The standard InChI is InChI=1S/C20H15N3OS/c24-19(22-13-14-7-2-1-3-8-14)15-9-6-12-21-18(15)20-23-16-10-4-5-11-17(16)25-20/h1-12H,13H2,(H,22,24). The molecule has 1 N–H and O–H groups in total. The summed E-state index contributed by atoms with van der Waals surface area (Å²) < 4.78 is 1.08.